The minimum Gasteiger partial charge on any atom is -0.497 e. The molecule has 0 saturated carbocycles. The minimum atomic E-state index is -0.281. The highest BCUT2D eigenvalue weighted by Gasteiger charge is 2.42. The van der Waals surface area contributed by atoms with Gasteiger partial charge in [0.25, 0.3) is 5.91 Å². The molecule has 25 heavy (non-hydrogen) atoms. The number of methoxy groups -OCH3 is 1. The number of aromatic nitrogens is 2. The lowest BCUT2D eigenvalue weighted by Crippen LogP contribution is -2.48. The van der Waals surface area contributed by atoms with E-state index in [2.05, 4.69) is 22.1 Å². The van der Waals surface area contributed by atoms with Crippen LogP contribution < -0.4 is 4.74 Å². The van der Waals surface area contributed by atoms with Gasteiger partial charge in [-0.15, -0.1) is 0 Å². The van der Waals surface area contributed by atoms with E-state index in [4.69, 9.17) is 9.47 Å². The number of hydrogen-bond acceptors (Lipinski definition) is 4. The third-order valence-corrected chi connectivity index (χ3v) is 5.44. The molecular formula is C19H23N3O3. The number of likely N-dealkylation sites (tertiary alicyclic amines) is 1. The molecule has 2 aliphatic heterocycles. The Labute approximate surface area is 147 Å². The van der Waals surface area contributed by atoms with Gasteiger partial charge in [-0.2, -0.15) is 0 Å². The number of nitrogens with one attached hydrogen (secondary N) is 1. The van der Waals surface area contributed by atoms with E-state index in [-0.39, 0.29) is 11.5 Å². The second-order valence-corrected chi connectivity index (χ2v) is 6.78. The monoisotopic (exact) mass is 341 g/mol. The second-order valence-electron chi connectivity index (χ2n) is 6.78. The number of piperidine rings is 1. The average molecular weight is 341 g/mol. The summed E-state index contributed by atoms with van der Waals surface area (Å²) in [6, 6.07) is 6.24. The summed E-state index contributed by atoms with van der Waals surface area (Å²) in [6.45, 7) is 3.94. The summed E-state index contributed by atoms with van der Waals surface area (Å²) < 4.78 is 11.6. The number of hydrogen-bond donors (Lipinski definition) is 1. The maximum absolute atomic E-state index is 12.7. The first kappa shape index (κ1) is 16.1. The smallest absolute Gasteiger partial charge is 0.274 e. The minimum absolute atomic E-state index is 0.000589. The molecule has 0 atom stereocenters. The summed E-state index contributed by atoms with van der Waals surface area (Å²) >= 11 is 0. The number of ether oxygens (including phenoxy) is 2. The molecule has 2 aliphatic rings. The fourth-order valence-electron chi connectivity index (χ4n) is 3.99. The highest BCUT2D eigenvalue weighted by molar-refractivity contribution is 5.93. The van der Waals surface area contributed by atoms with Gasteiger partial charge in [0.15, 0.2) is 0 Å². The largest absolute Gasteiger partial charge is 0.497 e. The standard InChI is InChI=1S/C19H23N3O3/c1-13-17(21-12-20-13)18(23)22-8-6-19(7-9-22)16-4-3-15(24-2)11-14(16)5-10-25-19/h3-4,11-12H,5-10H2,1-2H3,(H,20,21). The Kier molecular flexibility index (Phi) is 4.00. The first-order valence-corrected chi connectivity index (χ1v) is 8.73. The number of amides is 1. The SMILES string of the molecule is COc1ccc2c(c1)CCOC21CCN(C(=O)c2nc[nH]c2C)CC1. The summed E-state index contributed by atoms with van der Waals surface area (Å²) in [5.74, 6) is 0.886. The molecule has 0 aliphatic carbocycles. The van der Waals surface area contributed by atoms with E-state index in [0.29, 0.717) is 25.4 Å². The Morgan fingerprint density at radius 2 is 2.16 bits per heavy atom. The van der Waals surface area contributed by atoms with Gasteiger partial charge in [0.1, 0.15) is 11.4 Å². The number of nitrogens with zero attached hydrogens (tertiary/aromatic N) is 2. The third-order valence-electron chi connectivity index (χ3n) is 5.44. The van der Waals surface area contributed by atoms with Gasteiger partial charge in [-0.3, -0.25) is 4.79 Å². The van der Waals surface area contributed by atoms with Crippen LogP contribution in [0.1, 0.15) is 40.2 Å². The fourth-order valence-corrected chi connectivity index (χ4v) is 3.99. The van der Waals surface area contributed by atoms with Crippen molar-refractivity contribution in [2.45, 2.75) is 31.8 Å². The Morgan fingerprint density at radius 1 is 1.36 bits per heavy atom. The molecule has 1 amide bonds. The van der Waals surface area contributed by atoms with Crippen molar-refractivity contribution in [2.75, 3.05) is 26.8 Å². The number of imidazole rings is 1. The van der Waals surface area contributed by atoms with E-state index in [0.717, 1.165) is 30.7 Å². The molecule has 0 bridgehead atoms. The number of carbonyl (C=O) groups is 1. The first-order valence-electron chi connectivity index (χ1n) is 8.73. The predicted octanol–water partition coefficient (Wildman–Crippen LogP) is 2.43. The van der Waals surface area contributed by atoms with Gasteiger partial charge < -0.3 is 19.4 Å². The van der Waals surface area contributed by atoms with E-state index in [1.807, 2.05) is 17.9 Å². The summed E-state index contributed by atoms with van der Waals surface area (Å²) in [6.07, 6.45) is 4.09. The second kappa shape index (κ2) is 6.19. The van der Waals surface area contributed by atoms with E-state index in [1.165, 1.54) is 11.1 Å². The Hall–Kier alpha value is -2.34. The van der Waals surface area contributed by atoms with E-state index in [9.17, 15) is 4.79 Å². The van der Waals surface area contributed by atoms with E-state index >= 15 is 0 Å². The molecule has 0 unspecified atom stereocenters. The number of rotatable bonds is 2. The molecule has 4 rings (SSSR count). The van der Waals surface area contributed by atoms with Crippen molar-refractivity contribution in [1.29, 1.82) is 0 Å². The Morgan fingerprint density at radius 3 is 2.84 bits per heavy atom. The van der Waals surface area contributed by atoms with Crippen LogP contribution in [0.25, 0.3) is 0 Å². The summed E-state index contributed by atoms with van der Waals surface area (Å²) in [7, 11) is 1.69. The molecule has 2 aromatic rings. The van der Waals surface area contributed by atoms with Crippen LogP contribution in [0.5, 0.6) is 5.75 Å². The fraction of sp³-hybridized carbons (Fsp3) is 0.474. The van der Waals surface area contributed by atoms with Crippen LogP contribution in [0.4, 0.5) is 0 Å². The lowest BCUT2D eigenvalue weighted by atomic mass is 9.79. The van der Waals surface area contributed by atoms with Crippen molar-refractivity contribution in [1.82, 2.24) is 14.9 Å². The van der Waals surface area contributed by atoms with Gasteiger partial charge in [-0.05, 0) is 49.4 Å². The van der Waals surface area contributed by atoms with Crippen LogP contribution in [0.3, 0.4) is 0 Å². The van der Waals surface area contributed by atoms with Crippen LogP contribution >= 0.6 is 0 Å². The number of carbonyl (C=O) groups excluding carboxylic acids is 1. The van der Waals surface area contributed by atoms with E-state index in [1.54, 1.807) is 13.4 Å². The maximum Gasteiger partial charge on any atom is 0.274 e. The average Bonchev–Trinajstić information content (AvgIpc) is 3.07. The van der Waals surface area contributed by atoms with Crippen molar-refractivity contribution in [3.8, 4) is 5.75 Å². The maximum atomic E-state index is 12.7. The first-order chi connectivity index (χ1) is 12.1. The van der Waals surface area contributed by atoms with Crippen molar-refractivity contribution in [3.63, 3.8) is 0 Å². The highest BCUT2D eigenvalue weighted by Crippen LogP contribution is 2.42. The molecule has 1 spiro atoms. The molecule has 3 heterocycles. The molecule has 132 valence electrons. The summed E-state index contributed by atoms with van der Waals surface area (Å²) in [5.41, 5.74) is 3.61. The van der Waals surface area contributed by atoms with Crippen molar-refractivity contribution < 1.29 is 14.3 Å². The number of aryl methyl sites for hydroxylation is 1. The number of fused-ring (bicyclic) bond motifs is 2. The zero-order valence-corrected chi connectivity index (χ0v) is 14.7. The van der Waals surface area contributed by atoms with Gasteiger partial charge in [-0.1, -0.05) is 6.07 Å². The molecule has 6 nitrogen and oxygen atoms in total. The van der Waals surface area contributed by atoms with Gasteiger partial charge in [0.05, 0.1) is 25.6 Å². The molecule has 1 saturated heterocycles. The molecule has 1 aromatic heterocycles. The molecule has 0 radical (unpaired) electrons. The van der Waals surface area contributed by atoms with Gasteiger partial charge in [0.2, 0.25) is 0 Å². The molecule has 1 N–H and O–H groups in total. The van der Waals surface area contributed by atoms with Crippen LogP contribution in [-0.2, 0) is 16.8 Å². The van der Waals surface area contributed by atoms with Gasteiger partial charge >= 0.3 is 0 Å². The zero-order valence-electron chi connectivity index (χ0n) is 14.7. The molecule has 1 fully saturated rings. The molecular weight excluding hydrogens is 318 g/mol. The Balaban J connectivity index is 1.54. The molecule has 6 heteroatoms. The number of H-pyrrole nitrogens is 1. The summed E-state index contributed by atoms with van der Waals surface area (Å²) in [5, 5.41) is 0. The number of benzene rings is 1. The van der Waals surface area contributed by atoms with Crippen LogP contribution in [0.2, 0.25) is 0 Å². The van der Waals surface area contributed by atoms with Crippen molar-refractivity contribution >= 4 is 5.91 Å². The Bertz CT molecular complexity index is 791. The van der Waals surface area contributed by atoms with Crippen LogP contribution in [0, 0.1) is 6.92 Å². The van der Waals surface area contributed by atoms with Gasteiger partial charge in [0, 0.05) is 18.8 Å². The normalized spacial score (nSPS) is 18.9. The lowest BCUT2D eigenvalue weighted by Gasteiger charge is -2.45. The molecule has 1 aromatic carbocycles. The van der Waals surface area contributed by atoms with Crippen LogP contribution in [-0.4, -0.2) is 47.6 Å². The van der Waals surface area contributed by atoms with Gasteiger partial charge in [-0.25, -0.2) is 4.98 Å². The van der Waals surface area contributed by atoms with E-state index < -0.39 is 0 Å². The van der Waals surface area contributed by atoms with Crippen molar-refractivity contribution in [2.24, 2.45) is 0 Å². The van der Waals surface area contributed by atoms with Crippen LogP contribution in [0.15, 0.2) is 24.5 Å². The third kappa shape index (κ3) is 2.70. The predicted molar refractivity (Wildman–Crippen MR) is 92.8 cm³/mol. The highest BCUT2D eigenvalue weighted by atomic mass is 16.5. The lowest BCUT2D eigenvalue weighted by molar-refractivity contribution is -0.0935. The zero-order chi connectivity index (χ0) is 17.4. The topological polar surface area (TPSA) is 67.5 Å². The van der Waals surface area contributed by atoms with Crippen molar-refractivity contribution in [3.05, 3.63) is 47.0 Å². The number of aromatic amines is 1. The summed E-state index contributed by atoms with van der Waals surface area (Å²) in [4.78, 5) is 21.7. The quantitative estimate of drug-likeness (QED) is 0.911.